The number of aromatic nitrogens is 1. The Morgan fingerprint density at radius 2 is 1.64 bits per heavy atom. The van der Waals surface area contributed by atoms with Crippen LogP contribution < -0.4 is 0 Å². The molecule has 1 atom stereocenters. The van der Waals surface area contributed by atoms with E-state index in [9.17, 15) is 5.11 Å². The molecule has 1 aliphatic rings. The summed E-state index contributed by atoms with van der Waals surface area (Å²) >= 11 is 0. The Morgan fingerprint density at radius 1 is 1.08 bits per heavy atom. The molecule has 0 amide bonds. The topological polar surface area (TPSA) is 37.6 Å². The number of fused-ring (bicyclic) bond motifs is 3. The van der Waals surface area contributed by atoms with Crippen molar-refractivity contribution in [3.63, 3.8) is 0 Å². The normalized spacial score (nSPS) is 21.8. The van der Waals surface area contributed by atoms with E-state index in [2.05, 4.69) is 60.0 Å². The van der Waals surface area contributed by atoms with E-state index in [0.717, 1.165) is 18.8 Å². The van der Waals surface area contributed by atoms with Gasteiger partial charge in [0.05, 0.1) is 26.3 Å². The van der Waals surface area contributed by atoms with Crippen molar-refractivity contribution in [1.29, 1.82) is 0 Å². The summed E-state index contributed by atoms with van der Waals surface area (Å²) < 4.78 is 2.23. The van der Waals surface area contributed by atoms with Gasteiger partial charge >= 0.3 is 0 Å². The van der Waals surface area contributed by atoms with Gasteiger partial charge in [0.2, 0.25) is 0 Å². The second kappa shape index (κ2) is 6.79. The van der Waals surface area contributed by atoms with Gasteiger partial charge in [-0.2, -0.15) is 5.06 Å². The van der Waals surface area contributed by atoms with Gasteiger partial charge in [-0.1, -0.05) is 43.3 Å². The second-order valence-corrected chi connectivity index (χ2v) is 7.31. The number of nitrogens with zero attached hydrogens (tertiary/aromatic N) is 2. The van der Waals surface area contributed by atoms with Gasteiger partial charge in [-0.15, -0.1) is 0 Å². The molecular formula is C21H26N2O2. The predicted octanol–water partition coefficient (Wildman–Crippen LogP) is 3.82. The lowest BCUT2D eigenvalue weighted by atomic mass is 9.81. The lowest BCUT2D eigenvalue weighted by molar-refractivity contribution is -0.199. The van der Waals surface area contributed by atoms with E-state index in [1.165, 1.54) is 21.8 Å². The van der Waals surface area contributed by atoms with Crippen LogP contribution in [0.4, 0.5) is 0 Å². The molecule has 0 aliphatic heterocycles. The van der Waals surface area contributed by atoms with Crippen LogP contribution in [0.15, 0.2) is 48.5 Å². The fourth-order valence-corrected chi connectivity index (χ4v) is 4.14. The third-order valence-corrected chi connectivity index (χ3v) is 5.45. The third kappa shape index (κ3) is 3.06. The van der Waals surface area contributed by atoms with Crippen molar-refractivity contribution >= 4 is 21.8 Å². The number of rotatable bonds is 6. The van der Waals surface area contributed by atoms with Crippen LogP contribution in [0.5, 0.6) is 0 Å². The largest absolute Gasteiger partial charge is 0.390 e. The summed E-state index contributed by atoms with van der Waals surface area (Å²) in [5, 5.41) is 15.2. The average Bonchev–Trinajstić information content (AvgIpc) is 2.92. The Balaban J connectivity index is 1.59. The molecule has 4 heteroatoms. The maximum absolute atomic E-state index is 10.7. The SMILES string of the molecule is CON(CC(O)Cn1c2ccccc2c2ccccc21)C1CC(C)C1. The number of benzene rings is 2. The molecule has 0 saturated heterocycles. The third-order valence-electron chi connectivity index (χ3n) is 5.45. The van der Waals surface area contributed by atoms with Gasteiger partial charge in [-0.05, 0) is 30.9 Å². The van der Waals surface area contributed by atoms with Gasteiger partial charge in [0, 0.05) is 27.8 Å². The Hall–Kier alpha value is -1.88. The summed E-state index contributed by atoms with van der Waals surface area (Å²) in [7, 11) is 1.70. The minimum atomic E-state index is -0.477. The highest BCUT2D eigenvalue weighted by molar-refractivity contribution is 6.07. The smallest absolute Gasteiger partial charge is 0.0869 e. The first-order valence-corrected chi connectivity index (χ1v) is 9.12. The fraction of sp³-hybridized carbons (Fsp3) is 0.429. The molecular weight excluding hydrogens is 312 g/mol. The Bertz CT molecular complexity index is 813. The van der Waals surface area contributed by atoms with Gasteiger partial charge in [-0.3, -0.25) is 0 Å². The van der Waals surface area contributed by atoms with E-state index in [4.69, 9.17) is 4.84 Å². The van der Waals surface area contributed by atoms with Crippen molar-refractivity contribution in [2.24, 2.45) is 5.92 Å². The maximum Gasteiger partial charge on any atom is 0.0869 e. The number of aliphatic hydroxyl groups is 1. The van der Waals surface area contributed by atoms with E-state index in [1.54, 1.807) is 7.11 Å². The molecule has 1 unspecified atom stereocenters. The molecule has 132 valence electrons. The molecule has 4 nitrogen and oxygen atoms in total. The zero-order valence-electron chi connectivity index (χ0n) is 14.9. The molecule has 3 aromatic rings. The van der Waals surface area contributed by atoms with Crippen molar-refractivity contribution in [2.75, 3.05) is 13.7 Å². The molecule has 1 saturated carbocycles. The molecule has 2 aromatic carbocycles. The van der Waals surface area contributed by atoms with Gasteiger partial charge in [0.15, 0.2) is 0 Å². The first kappa shape index (κ1) is 16.6. The molecule has 1 heterocycles. The standard InChI is InChI=1S/C21H26N2O2/c1-15-11-16(12-15)23(25-2)14-17(24)13-22-20-9-5-3-7-18(20)19-8-4-6-10-21(19)22/h3-10,15-17,24H,11-14H2,1-2H3. The summed E-state index contributed by atoms with van der Waals surface area (Å²) in [6, 6.07) is 17.2. The summed E-state index contributed by atoms with van der Waals surface area (Å²) in [6.45, 7) is 3.36. The molecule has 1 aromatic heterocycles. The van der Waals surface area contributed by atoms with Crippen molar-refractivity contribution in [3.8, 4) is 0 Å². The van der Waals surface area contributed by atoms with Crippen molar-refractivity contribution in [2.45, 2.75) is 38.5 Å². The van der Waals surface area contributed by atoms with E-state index in [-0.39, 0.29) is 0 Å². The van der Waals surface area contributed by atoms with Crippen LogP contribution in [0.1, 0.15) is 19.8 Å². The number of hydrogen-bond donors (Lipinski definition) is 1. The minimum absolute atomic E-state index is 0.438. The van der Waals surface area contributed by atoms with Crippen molar-refractivity contribution < 1.29 is 9.94 Å². The second-order valence-electron chi connectivity index (χ2n) is 7.31. The van der Waals surface area contributed by atoms with Gasteiger partial charge < -0.3 is 14.5 Å². The fourth-order valence-electron chi connectivity index (χ4n) is 4.14. The highest BCUT2D eigenvalue weighted by atomic mass is 16.7. The quantitative estimate of drug-likeness (QED) is 0.694. The predicted molar refractivity (Wildman–Crippen MR) is 101 cm³/mol. The molecule has 0 radical (unpaired) electrons. The number of hydroxylamine groups is 2. The summed E-state index contributed by atoms with van der Waals surface area (Å²) in [5.74, 6) is 0.761. The van der Waals surface area contributed by atoms with Gasteiger partial charge in [0.25, 0.3) is 0 Å². The molecule has 1 aliphatic carbocycles. The monoisotopic (exact) mass is 338 g/mol. The van der Waals surface area contributed by atoms with Crippen LogP contribution in [0.3, 0.4) is 0 Å². The van der Waals surface area contributed by atoms with Crippen LogP contribution in [0, 0.1) is 5.92 Å². The number of hydrogen-bond acceptors (Lipinski definition) is 3. The zero-order valence-corrected chi connectivity index (χ0v) is 14.9. The molecule has 0 bridgehead atoms. The Kier molecular flexibility index (Phi) is 4.50. The summed E-state index contributed by atoms with van der Waals surface area (Å²) in [4.78, 5) is 5.53. The first-order chi connectivity index (χ1) is 12.2. The first-order valence-electron chi connectivity index (χ1n) is 9.12. The van der Waals surface area contributed by atoms with Crippen LogP contribution in [0.2, 0.25) is 0 Å². The zero-order chi connectivity index (χ0) is 17.4. The van der Waals surface area contributed by atoms with E-state index in [0.29, 0.717) is 19.1 Å². The molecule has 25 heavy (non-hydrogen) atoms. The minimum Gasteiger partial charge on any atom is -0.390 e. The highest BCUT2D eigenvalue weighted by Gasteiger charge is 2.32. The van der Waals surface area contributed by atoms with Crippen LogP contribution >= 0.6 is 0 Å². The maximum atomic E-state index is 10.7. The van der Waals surface area contributed by atoms with Crippen LogP contribution in [0.25, 0.3) is 21.8 Å². The Labute approximate surface area is 148 Å². The van der Waals surface area contributed by atoms with Crippen molar-refractivity contribution in [1.82, 2.24) is 9.63 Å². The lowest BCUT2D eigenvalue weighted by Crippen LogP contribution is -2.47. The molecule has 0 spiro atoms. The van der Waals surface area contributed by atoms with Crippen LogP contribution in [-0.2, 0) is 11.4 Å². The number of para-hydroxylation sites is 2. The van der Waals surface area contributed by atoms with Gasteiger partial charge in [0.1, 0.15) is 0 Å². The number of aliphatic hydroxyl groups excluding tert-OH is 1. The van der Waals surface area contributed by atoms with E-state index in [1.807, 2.05) is 5.06 Å². The molecule has 1 fully saturated rings. The lowest BCUT2D eigenvalue weighted by Gasteiger charge is -2.40. The highest BCUT2D eigenvalue weighted by Crippen LogP contribution is 2.32. The summed E-state index contributed by atoms with van der Waals surface area (Å²) in [6.07, 6.45) is 1.82. The van der Waals surface area contributed by atoms with Crippen LogP contribution in [-0.4, -0.2) is 40.5 Å². The van der Waals surface area contributed by atoms with E-state index < -0.39 is 6.10 Å². The van der Waals surface area contributed by atoms with Gasteiger partial charge in [-0.25, -0.2) is 0 Å². The molecule has 4 rings (SSSR count). The molecule has 1 N–H and O–H groups in total. The summed E-state index contributed by atoms with van der Waals surface area (Å²) in [5.41, 5.74) is 2.34. The van der Waals surface area contributed by atoms with E-state index >= 15 is 0 Å². The average molecular weight is 338 g/mol. The Morgan fingerprint density at radius 3 is 2.16 bits per heavy atom. The van der Waals surface area contributed by atoms with Crippen molar-refractivity contribution in [3.05, 3.63) is 48.5 Å².